The molecule has 1 aromatic rings. The van der Waals surface area contributed by atoms with E-state index < -0.39 is 6.10 Å². The molecule has 2 saturated heterocycles. The number of aliphatic hydroxyl groups is 1. The minimum Gasteiger partial charge on any atom is -0.387 e. The SMILES string of the molecule is CC[C@H](O)c1ccc(N2CC3CCCN3CC2C)cn1. The maximum absolute atomic E-state index is 9.82. The van der Waals surface area contributed by atoms with Crippen molar-refractivity contribution in [2.45, 2.75) is 51.3 Å². The fourth-order valence-corrected chi connectivity index (χ4v) is 3.52. The van der Waals surface area contributed by atoms with Crippen LogP contribution >= 0.6 is 0 Å². The first-order valence-electron chi connectivity index (χ1n) is 7.83. The minimum atomic E-state index is -0.437. The number of hydrogen-bond acceptors (Lipinski definition) is 4. The van der Waals surface area contributed by atoms with Crippen molar-refractivity contribution in [2.24, 2.45) is 0 Å². The Morgan fingerprint density at radius 1 is 1.40 bits per heavy atom. The van der Waals surface area contributed by atoms with Crippen molar-refractivity contribution in [1.29, 1.82) is 0 Å². The van der Waals surface area contributed by atoms with Crippen molar-refractivity contribution in [3.05, 3.63) is 24.0 Å². The average Bonchev–Trinajstić information content (AvgIpc) is 2.93. The van der Waals surface area contributed by atoms with E-state index in [4.69, 9.17) is 0 Å². The molecule has 1 aromatic heterocycles. The zero-order valence-electron chi connectivity index (χ0n) is 12.5. The van der Waals surface area contributed by atoms with E-state index in [0.29, 0.717) is 18.5 Å². The number of pyridine rings is 1. The molecular weight excluding hydrogens is 250 g/mol. The van der Waals surface area contributed by atoms with Crippen LogP contribution in [0.2, 0.25) is 0 Å². The molecule has 0 spiro atoms. The summed E-state index contributed by atoms with van der Waals surface area (Å²) in [5.41, 5.74) is 1.97. The fourth-order valence-electron chi connectivity index (χ4n) is 3.52. The van der Waals surface area contributed by atoms with E-state index in [9.17, 15) is 5.11 Å². The first-order chi connectivity index (χ1) is 9.69. The first-order valence-corrected chi connectivity index (χ1v) is 7.83. The van der Waals surface area contributed by atoms with Crippen molar-refractivity contribution in [2.75, 3.05) is 24.5 Å². The molecule has 0 saturated carbocycles. The van der Waals surface area contributed by atoms with Gasteiger partial charge >= 0.3 is 0 Å². The van der Waals surface area contributed by atoms with Gasteiger partial charge in [0.1, 0.15) is 0 Å². The van der Waals surface area contributed by atoms with Crippen LogP contribution in [0, 0.1) is 0 Å². The van der Waals surface area contributed by atoms with E-state index in [1.807, 2.05) is 19.2 Å². The summed E-state index contributed by atoms with van der Waals surface area (Å²) >= 11 is 0. The van der Waals surface area contributed by atoms with Gasteiger partial charge in [0.25, 0.3) is 0 Å². The number of fused-ring (bicyclic) bond motifs is 1. The molecule has 2 fully saturated rings. The van der Waals surface area contributed by atoms with E-state index in [1.165, 1.54) is 25.1 Å². The smallest absolute Gasteiger partial charge is 0.0957 e. The lowest BCUT2D eigenvalue weighted by Crippen LogP contribution is -2.55. The zero-order chi connectivity index (χ0) is 14.1. The third-order valence-electron chi connectivity index (χ3n) is 4.77. The molecule has 2 aliphatic rings. The van der Waals surface area contributed by atoms with Crippen molar-refractivity contribution in [1.82, 2.24) is 9.88 Å². The summed E-state index contributed by atoms with van der Waals surface area (Å²) < 4.78 is 0. The monoisotopic (exact) mass is 275 g/mol. The summed E-state index contributed by atoms with van der Waals surface area (Å²) in [4.78, 5) is 9.54. The molecule has 0 aliphatic carbocycles. The van der Waals surface area contributed by atoms with Crippen molar-refractivity contribution < 1.29 is 5.11 Å². The lowest BCUT2D eigenvalue weighted by atomic mass is 10.1. The third-order valence-corrected chi connectivity index (χ3v) is 4.77. The van der Waals surface area contributed by atoms with Crippen LogP contribution in [-0.4, -0.2) is 46.7 Å². The molecule has 20 heavy (non-hydrogen) atoms. The summed E-state index contributed by atoms with van der Waals surface area (Å²) in [5, 5.41) is 9.82. The van der Waals surface area contributed by atoms with Gasteiger partial charge in [-0.05, 0) is 44.9 Å². The van der Waals surface area contributed by atoms with E-state index in [1.54, 1.807) is 0 Å². The van der Waals surface area contributed by atoms with Gasteiger partial charge in [0, 0.05) is 25.2 Å². The van der Waals surface area contributed by atoms with Gasteiger partial charge in [-0.2, -0.15) is 0 Å². The molecule has 4 heteroatoms. The lowest BCUT2D eigenvalue weighted by molar-refractivity contribution is 0.169. The van der Waals surface area contributed by atoms with E-state index in [-0.39, 0.29) is 0 Å². The van der Waals surface area contributed by atoms with Crippen LogP contribution in [0.1, 0.15) is 44.9 Å². The Morgan fingerprint density at radius 3 is 2.95 bits per heavy atom. The Labute approximate surface area is 121 Å². The number of nitrogens with zero attached hydrogens (tertiary/aromatic N) is 3. The Bertz CT molecular complexity index is 448. The molecule has 2 aliphatic heterocycles. The predicted molar refractivity (Wildman–Crippen MR) is 80.9 cm³/mol. The molecular formula is C16H25N3O. The zero-order valence-corrected chi connectivity index (χ0v) is 12.5. The molecule has 0 aromatic carbocycles. The van der Waals surface area contributed by atoms with Gasteiger partial charge in [-0.15, -0.1) is 0 Å². The highest BCUT2D eigenvalue weighted by molar-refractivity contribution is 5.47. The van der Waals surface area contributed by atoms with Crippen LogP contribution in [0.5, 0.6) is 0 Å². The normalized spacial score (nSPS) is 28.4. The largest absolute Gasteiger partial charge is 0.387 e. The van der Waals surface area contributed by atoms with Crippen molar-refractivity contribution >= 4 is 5.69 Å². The first kappa shape index (κ1) is 13.8. The molecule has 4 nitrogen and oxygen atoms in total. The van der Waals surface area contributed by atoms with Gasteiger partial charge < -0.3 is 10.0 Å². The quantitative estimate of drug-likeness (QED) is 0.918. The third kappa shape index (κ3) is 2.54. The van der Waals surface area contributed by atoms with Crippen molar-refractivity contribution in [3.8, 4) is 0 Å². The molecule has 2 unspecified atom stereocenters. The van der Waals surface area contributed by atoms with Crippen LogP contribution < -0.4 is 4.90 Å². The van der Waals surface area contributed by atoms with Gasteiger partial charge in [-0.1, -0.05) is 6.92 Å². The molecule has 110 valence electrons. The number of hydrogen-bond donors (Lipinski definition) is 1. The standard InChI is InChI=1S/C16H25N3O/c1-3-16(20)15-7-6-13(9-17-15)19-11-14-5-4-8-18(14)10-12(19)2/h6-7,9,12,14,16,20H,3-5,8,10-11H2,1-2H3/t12?,14?,16-/m0/s1. The number of rotatable bonds is 3. The second-order valence-corrected chi connectivity index (χ2v) is 6.16. The topological polar surface area (TPSA) is 39.6 Å². The summed E-state index contributed by atoms with van der Waals surface area (Å²) in [6, 6.07) is 5.33. The molecule has 0 bridgehead atoms. The second kappa shape index (κ2) is 5.70. The number of aliphatic hydroxyl groups excluding tert-OH is 1. The van der Waals surface area contributed by atoms with E-state index in [0.717, 1.165) is 18.8 Å². The Balaban J connectivity index is 1.74. The molecule has 0 radical (unpaired) electrons. The second-order valence-electron chi connectivity index (χ2n) is 6.16. The summed E-state index contributed by atoms with van der Waals surface area (Å²) in [7, 11) is 0. The fraction of sp³-hybridized carbons (Fsp3) is 0.688. The molecule has 3 heterocycles. The van der Waals surface area contributed by atoms with E-state index in [2.05, 4.69) is 27.8 Å². The lowest BCUT2D eigenvalue weighted by Gasteiger charge is -2.43. The van der Waals surface area contributed by atoms with Gasteiger partial charge in [0.2, 0.25) is 0 Å². The van der Waals surface area contributed by atoms with Crippen LogP contribution in [0.25, 0.3) is 0 Å². The van der Waals surface area contributed by atoms with Crippen LogP contribution in [0.4, 0.5) is 5.69 Å². The molecule has 0 amide bonds. The molecule has 3 rings (SSSR count). The maximum atomic E-state index is 9.82. The molecule has 3 atom stereocenters. The highest BCUT2D eigenvalue weighted by Gasteiger charge is 2.34. The summed E-state index contributed by atoms with van der Waals surface area (Å²) in [6.07, 6.45) is 4.86. The summed E-state index contributed by atoms with van der Waals surface area (Å²) in [5.74, 6) is 0. The van der Waals surface area contributed by atoms with Crippen LogP contribution in [0.3, 0.4) is 0 Å². The van der Waals surface area contributed by atoms with Crippen molar-refractivity contribution in [3.63, 3.8) is 0 Å². The Kier molecular flexibility index (Phi) is 3.94. The van der Waals surface area contributed by atoms with Crippen LogP contribution in [-0.2, 0) is 0 Å². The highest BCUT2D eigenvalue weighted by atomic mass is 16.3. The minimum absolute atomic E-state index is 0.437. The van der Waals surface area contributed by atoms with Gasteiger partial charge in [0.05, 0.1) is 23.7 Å². The predicted octanol–water partition coefficient (Wildman–Crippen LogP) is 2.20. The molecule has 1 N–H and O–H groups in total. The number of aromatic nitrogens is 1. The van der Waals surface area contributed by atoms with Crippen LogP contribution in [0.15, 0.2) is 18.3 Å². The van der Waals surface area contributed by atoms with Gasteiger partial charge in [-0.3, -0.25) is 9.88 Å². The Hall–Kier alpha value is -1.13. The van der Waals surface area contributed by atoms with Gasteiger partial charge in [0.15, 0.2) is 0 Å². The number of anilines is 1. The summed E-state index contributed by atoms with van der Waals surface area (Å²) in [6.45, 7) is 7.80. The number of piperazine rings is 1. The average molecular weight is 275 g/mol. The maximum Gasteiger partial charge on any atom is 0.0957 e. The highest BCUT2D eigenvalue weighted by Crippen LogP contribution is 2.28. The van der Waals surface area contributed by atoms with E-state index >= 15 is 0 Å². The van der Waals surface area contributed by atoms with Gasteiger partial charge in [-0.25, -0.2) is 0 Å². The Morgan fingerprint density at radius 2 is 2.25 bits per heavy atom.